The predicted octanol–water partition coefficient (Wildman–Crippen LogP) is 1.13. The van der Waals surface area contributed by atoms with Gasteiger partial charge in [0.2, 0.25) is 0 Å². The van der Waals surface area contributed by atoms with Crippen LogP contribution in [0.3, 0.4) is 0 Å². The molecule has 1 heterocycles. The van der Waals surface area contributed by atoms with Crippen molar-refractivity contribution in [2.75, 3.05) is 33.7 Å². The summed E-state index contributed by atoms with van der Waals surface area (Å²) in [5, 5.41) is 17.2. The van der Waals surface area contributed by atoms with Gasteiger partial charge in [0.15, 0.2) is 0 Å². The van der Waals surface area contributed by atoms with Crippen LogP contribution in [0.5, 0.6) is 5.75 Å². The molecule has 5 N–H and O–H groups in total. The number of amides is 2. The molecule has 1 aliphatic rings. The van der Waals surface area contributed by atoms with Crippen molar-refractivity contribution in [2.45, 2.75) is 32.2 Å². The molecule has 0 saturated heterocycles. The Bertz CT molecular complexity index is 617. The van der Waals surface area contributed by atoms with E-state index in [-0.39, 0.29) is 17.8 Å². The number of hydrogen-bond acceptors (Lipinski definition) is 6. The molecule has 0 aromatic heterocycles. The number of phenolic OH excluding ortho intramolecular Hbond substituents is 1. The van der Waals surface area contributed by atoms with E-state index in [0.717, 1.165) is 37.1 Å². The van der Waals surface area contributed by atoms with Crippen molar-refractivity contribution < 1.29 is 9.90 Å². The molecule has 2 rings (SSSR count). The summed E-state index contributed by atoms with van der Waals surface area (Å²) in [5.41, 5.74) is 8.35. The molecule has 8 nitrogen and oxygen atoms in total. The molecule has 1 aromatic rings. The summed E-state index contributed by atoms with van der Waals surface area (Å²) in [7, 11) is 4.00. The minimum Gasteiger partial charge on any atom is -0.508 e. The topological polar surface area (TPSA) is 91.9 Å². The lowest BCUT2D eigenvalue weighted by atomic mass is 10.1. The Morgan fingerprint density at radius 1 is 1.26 bits per heavy atom. The molecule has 0 spiro atoms. The van der Waals surface area contributed by atoms with Crippen LogP contribution in [-0.2, 0) is 6.42 Å². The number of rotatable bonds is 10. The van der Waals surface area contributed by atoms with Crippen molar-refractivity contribution in [3.8, 4) is 5.75 Å². The van der Waals surface area contributed by atoms with Gasteiger partial charge in [-0.1, -0.05) is 19.1 Å². The lowest BCUT2D eigenvalue weighted by Crippen LogP contribution is -2.45. The lowest BCUT2D eigenvalue weighted by Gasteiger charge is -2.25. The fourth-order valence-corrected chi connectivity index (χ4v) is 2.81. The number of nitrogens with one attached hydrogen (secondary N) is 4. The van der Waals surface area contributed by atoms with E-state index in [2.05, 4.69) is 33.4 Å². The maximum atomic E-state index is 12.1. The molecule has 0 saturated carbocycles. The second-order valence-corrected chi connectivity index (χ2v) is 6.96. The Kier molecular flexibility index (Phi) is 8.22. The Labute approximate surface area is 161 Å². The Morgan fingerprint density at radius 3 is 2.67 bits per heavy atom. The number of carbonyl (C=O) groups excluding carboxylic acids is 1. The largest absolute Gasteiger partial charge is 0.508 e. The molecule has 0 radical (unpaired) electrons. The average molecular weight is 377 g/mol. The molecule has 0 fully saturated rings. The molecule has 150 valence electrons. The summed E-state index contributed by atoms with van der Waals surface area (Å²) in [5.74, 6) is 0.262. The van der Waals surface area contributed by atoms with Crippen molar-refractivity contribution in [1.82, 2.24) is 31.5 Å². The summed E-state index contributed by atoms with van der Waals surface area (Å²) in [6, 6.07) is 7.19. The van der Waals surface area contributed by atoms with E-state index in [1.54, 1.807) is 12.1 Å². The maximum Gasteiger partial charge on any atom is 0.314 e. The predicted molar refractivity (Wildman–Crippen MR) is 107 cm³/mol. The van der Waals surface area contributed by atoms with Gasteiger partial charge in [0.1, 0.15) is 5.75 Å². The first-order chi connectivity index (χ1) is 13.0. The fraction of sp³-hybridized carbons (Fsp3) is 0.526. The molecular weight excluding hydrogens is 344 g/mol. The molecule has 1 aromatic carbocycles. The van der Waals surface area contributed by atoms with Gasteiger partial charge in [-0.3, -0.25) is 5.01 Å². The highest BCUT2D eigenvalue weighted by molar-refractivity contribution is 5.73. The number of nitrogens with zero attached hydrogens (tertiary/aromatic N) is 2. The molecule has 1 aliphatic heterocycles. The molecule has 8 heteroatoms. The number of urea groups is 1. The Balaban J connectivity index is 1.69. The van der Waals surface area contributed by atoms with Gasteiger partial charge < -0.3 is 26.1 Å². The number of benzene rings is 1. The molecule has 1 atom stereocenters. The van der Waals surface area contributed by atoms with Crippen LogP contribution >= 0.6 is 0 Å². The first kappa shape index (κ1) is 20.9. The number of likely N-dealkylation sites (N-methyl/N-ethyl adjacent to an activating group) is 1. The SMILES string of the molecule is CCCN1C=C(CCNC(=O)NC[C@H](Cc2ccc(O)cc2)N(C)C)NN1. The van der Waals surface area contributed by atoms with Crippen molar-refractivity contribution in [1.29, 1.82) is 0 Å². The summed E-state index contributed by atoms with van der Waals surface area (Å²) in [6.07, 6.45) is 4.63. The third-order valence-electron chi connectivity index (χ3n) is 4.45. The molecule has 0 bridgehead atoms. The highest BCUT2D eigenvalue weighted by Gasteiger charge is 2.14. The molecule has 0 unspecified atom stereocenters. The van der Waals surface area contributed by atoms with Crippen LogP contribution in [0.4, 0.5) is 4.79 Å². The quantitative estimate of drug-likeness (QED) is 0.421. The van der Waals surface area contributed by atoms with Crippen LogP contribution in [0.1, 0.15) is 25.3 Å². The minimum absolute atomic E-state index is 0.162. The molecule has 27 heavy (non-hydrogen) atoms. The van der Waals surface area contributed by atoms with E-state index >= 15 is 0 Å². The Hall–Kier alpha value is -2.45. The molecular formula is C19H32N6O2. The smallest absolute Gasteiger partial charge is 0.314 e. The van der Waals surface area contributed by atoms with E-state index < -0.39 is 0 Å². The number of carbonyl (C=O) groups is 1. The van der Waals surface area contributed by atoms with Gasteiger partial charge in [0.25, 0.3) is 0 Å². The van der Waals surface area contributed by atoms with Crippen molar-refractivity contribution in [2.24, 2.45) is 0 Å². The summed E-state index contributed by atoms with van der Waals surface area (Å²) in [6.45, 7) is 4.18. The van der Waals surface area contributed by atoms with Gasteiger partial charge in [0.05, 0.1) is 0 Å². The zero-order chi connectivity index (χ0) is 19.6. The van der Waals surface area contributed by atoms with E-state index in [1.165, 1.54) is 0 Å². The molecule has 0 aliphatic carbocycles. The van der Waals surface area contributed by atoms with Gasteiger partial charge in [0, 0.05) is 44.0 Å². The number of hydrogen-bond donors (Lipinski definition) is 5. The third kappa shape index (κ3) is 7.36. The summed E-state index contributed by atoms with van der Waals surface area (Å²) in [4.78, 5) is 14.2. The van der Waals surface area contributed by atoms with Crippen molar-refractivity contribution >= 4 is 6.03 Å². The normalized spacial score (nSPS) is 14.7. The van der Waals surface area contributed by atoms with Crippen molar-refractivity contribution in [3.05, 3.63) is 41.7 Å². The van der Waals surface area contributed by atoms with Gasteiger partial charge in [-0.2, -0.15) is 0 Å². The van der Waals surface area contributed by atoms with Crippen LogP contribution in [0.15, 0.2) is 36.2 Å². The third-order valence-corrected chi connectivity index (χ3v) is 4.45. The number of phenols is 1. The standard InChI is InChI=1S/C19H32N6O2/c1-4-11-25-14-16(22-23-25)9-10-20-19(27)21-13-17(24(2)3)12-15-5-7-18(26)8-6-15/h5-8,14,17,22-23,26H,4,9-13H2,1-3H3,(H2,20,21,27)/t17-/m0/s1. The van der Waals surface area contributed by atoms with Crippen LogP contribution in [0.2, 0.25) is 0 Å². The average Bonchev–Trinajstić information content (AvgIpc) is 3.07. The van der Waals surface area contributed by atoms with Gasteiger partial charge in [-0.15, -0.1) is 5.53 Å². The highest BCUT2D eigenvalue weighted by Crippen LogP contribution is 2.12. The fourth-order valence-electron chi connectivity index (χ4n) is 2.81. The Morgan fingerprint density at radius 2 is 2.00 bits per heavy atom. The first-order valence-electron chi connectivity index (χ1n) is 9.43. The lowest BCUT2D eigenvalue weighted by molar-refractivity contribution is 0.232. The second-order valence-electron chi connectivity index (χ2n) is 6.96. The zero-order valence-corrected chi connectivity index (χ0v) is 16.5. The number of hydrazine groups is 2. The molecule has 2 amide bonds. The van der Waals surface area contributed by atoms with Crippen molar-refractivity contribution in [3.63, 3.8) is 0 Å². The van der Waals surface area contributed by atoms with Crippen LogP contribution in [-0.4, -0.2) is 60.8 Å². The van der Waals surface area contributed by atoms with E-state index in [4.69, 9.17) is 0 Å². The van der Waals surface area contributed by atoms with Gasteiger partial charge >= 0.3 is 6.03 Å². The second kappa shape index (κ2) is 10.6. The van der Waals surface area contributed by atoms with Crippen LogP contribution in [0, 0.1) is 0 Å². The van der Waals surface area contributed by atoms with Crippen LogP contribution in [0.25, 0.3) is 0 Å². The summed E-state index contributed by atoms with van der Waals surface area (Å²) < 4.78 is 0. The van der Waals surface area contributed by atoms with Gasteiger partial charge in [-0.25, -0.2) is 4.79 Å². The van der Waals surface area contributed by atoms with E-state index in [9.17, 15) is 9.90 Å². The monoisotopic (exact) mass is 376 g/mol. The van der Waals surface area contributed by atoms with E-state index in [0.29, 0.717) is 13.1 Å². The first-order valence-corrected chi connectivity index (χ1v) is 9.43. The van der Waals surface area contributed by atoms with Gasteiger partial charge in [-0.05, 0) is 44.6 Å². The van der Waals surface area contributed by atoms with Crippen LogP contribution < -0.4 is 21.6 Å². The maximum absolute atomic E-state index is 12.1. The number of aromatic hydroxyl groups is 1. The highest BCUT2D eigenvalue weighted by atomic mass is 16.3. The van der Waals surface area contributed by atoms with E-state index in [1.807, 2.05) is 37.4 Å². The minimum atomic E-state index is -0.162. The summed E-state index contributed by atoms with van der Waals surface area (Å²) >= 11 is 0. The zero-order valence-electron chi connectivity index (χ0n) is 16.5.